The number of rotatable bonds is 1. The lowest BCUT2D eigenvalue weighted by Crippen LogP contribution is -2.59. The molecule has 4 aliphatic rings. The van der Waals surface area contributed by atoms with E-state index in [1.54, 1.807) is 6.92 Å². The minimum absolute atomic E-state index is 0.0138. The summed E-state index contributed by atoms with van der Waals surface area (Å²) in [7, 11) is 0. The fourth-order valence-electron chi connectivity index (χ4n) is 7.84. The van der Waals surface area contributed by atoms with Crippen LogP contribution in [0, 0.1) is 40.4 Å². The van der Waals surface area contributed by atoms with Crippen molar-refractivity contribution in [2.45, 2.75) is 78.2 Å². The zero-order valence-electron chi connectivity index (χ0n) is 15.4. The van der Waals surface area contributed by atoms with Gasteiger partial charge in [-0.05, 0) is 80.0 Å². The quantitative estimate of drug-likeness (QED) is 0.795. The van der Waals surface area contributed by atoms with Crippen LogP contribution in [0.4, 0.5) is 0 Å². The Morgan fingerprint density at radius 1 is 1.12 bits per heavy atom. The van der Waals surface area contributed by atoms with Crippen LogP contribution in [0.25, 0.3) is 0 Å². The van der Waals surface area contributed by atoms with Crippen molar-refractivity contribution in [1.29, 1.82) is 0 Å². The fourth-order valence-corrected chi connectivity index (χ4v) is 7.84. The van der Waals surface area contributed by atoms with Crippen molar-refractivity contribution in [2.75, 3.05) is 0 Å². The van der Waals surface area contributed by atoms with Crippen LogP contribution in [0.5, 0.6) is 0 Å². The molecule has 8 atom stereocenters. The van der Waals surface area contributed by atoms with Gasteiger partial charge in [-0.15, -0.1) is 0 Å². The molecule has 1 N–H and O–H groups in total. The summed E-state index contributed by atoms with van der Waals surface area (Å²) in [4.78, 5) is 24.1. The second-order valence-electron chi connectivity index (χ2n) is 9.84. The van der Waals surface area contributed by atoms with Gasteiger partial charge in [0.15, 0.2) is 0 Å². The number of Topliss-reactive ketones (excluding diaryl/α,β-unsaturated/α-hetero) is 2. The van der Waals surface area contributed by atoms with Crippen LogP contribution in [0.1, 0.15) is 72.1 Å². The smallest absolute Gasteiger partial charge is 0.133 e. The van der Waals surface area contributed by atoms with Crippen LogP contribution in [0.3, 0.4) is 0 Å². The van der Waals surface area contributed by atoms with E-state index in [1.165, 1.54) is 0 Å². The molecular weight excluding hydrogens is 300 g/mol. The number of fused-ring (bicyclic) bond motifs is 5. The van der Waals surface area contributed by atoms with Gasteiger partial charge in [-0.2, -0.15) is 0 Å². The number of carbonyl (C=O) groups excluding carboxylic acids is 2. The fraction of sp³-hybridized carbons (Fsp3) is 0.905. The van der Waals surface area contributed by atoms with Gasteiger partial charge in [0.25, 0.3) is 0 Å². The van der Waals surface area contributed by atoms with Crippen LogP contribution in [0.2, 0.25) is 0 Å². The first-order valence-electron chi connectivity index (χ1n) is 9.97. The van der Waals surface area contributed by atoms with E-state index in [0.29, 0.717) is 41.7 Å². The molecule has 0 aliphatic heterocycles. The molecule has 3 heteroatoms. The summed E-state index contributed by atoms with van der Waals surface area (Å²) in [5.41, 5.74) is 0.103. The third-order valence-corrected chi connectivity index (χ3v) is 8.90. The van der Waals surface area contributed by atoms with Gasteiger partial charge in [0.2, 0.25) is 0 Å². The molecule has 4 rings (SSSR count). The predicted octanol–water partition coefficient (Wildman–Crippen LogP) is 3.77. The van der Waals surface area contributed by atoms with E-state index in [1.807, 2.05) is 0 Å². The number of ketones is 2. The molecule has 0 aromatic heterocycles. The molecule has 0 radical (unpaired) electrons. The van der Waals surface area contributed by atoms with Crippen LogP contribution in [-0.4, -0.2) is 22.8 Å². The Bertz CT molecular complexity index is 569. The molecule has 4 aliphatic carbocycles. The lowest BCUT2D eigenvalue weighted by molar-refractivity contribution is -0.173. The number of hydrogen-bond donors (Lipinski definition) is 1. The highest BCUT2D eigenvalue weighted by Crippen LogP contribution is 2.67. The average molecular weight is 332 g/mol. The minimum Gasteiger partial charge on any atom is -0.393 e. The monoisotopic (exact) mass is 332 g/mol. The van der Waals surface area contributed by atoms with Crippen molar-refractivity contribution in [1.82, 2.24) is 0 Å². The topological polar surface area (TPSA) is 54.4 Å². The van der Waals surface area contributed by atoms with Crippen LogP contribution in [-0.2, 0) is 9.59 Å². The summed E-state index contributed by atoms with van der Waals surface area (Å²) in [6, 6.07) is 0. The Morgan fingerprint density at radius 2 is 1.88 bits per heavy atom. The van der Waals surface area contributed by atoms with Crippen molar-refractivity contribution in [3.8, 4) is 0 Å². The Morgan fingerprint density at radius 3 is 2.58 bits per heavy atom. The van der Waals surface area contributed by atoms with Crippen molar-refractivity contribution in [3.05, 3.63) is 0 Å². The van der Waals surface area contributed by atoms with Crippen molar-refractivity contribution in [3.63, 3.8) is 0 Å². The van der Waals surface area contributed by atoms with Gasteiger partial charge in [-0.25, -0.2) is 0 Å². The zero-order chi connectivity index (χ0) is 17.3. The van der Waals surface area contributed by atoms with E-state index >= 15 is 0 Å². The molecule has 0 unspecified atom stereocenters. The third kappa shape index (κ3) is 2.12. The van der Waals surface area contributed by atoms with Gasteiger partial charge in [0.05, 0.1) is 6.10 Å². The van der Waals surface area contributed by atoms with E-state index in [0.717, 1.165) is 44.9 Å². The largest absolute Gasteiger partial charge is 0.393 e. The summed E-state index contributed by atoms with van der Waals surface area (Å²) in [6.07, 6.45) is 7.27. The lowest BCUT2D eigenvalue weighted by atomic mass is 9.44. The molecule has 24 heavy (non-hydrogen) atoms. The van der Waals surface area contributed by atoms with Crippen LogP contribution in [0.15, 0.2) is 0 Å². The van der Waals surface area contributed by atoms with E-state index in [-0.39, 0.29) is 22.9 Å². The Kier molecular flexibility index (Phi) is 3.77. The van der Waals surface area contributed by atoms with Crippen LogP contribution >= 0.6 is 0 Å². The molecule has 4 saturated carbocycles. The maximum Gasteiger partial charge on any atom is 0.133 e. The summed E-state index contributed by atoms with van der Waals surface area (Å²) in [6.45, 7) is 6.36. The number of aliphatic hydroxyl groups is 1. The lowest BCUT2D eigenvalue weighted by Gasteiger charge is -2.61. The molecule has 0 spiro atoms. The highest BCUT2D eigenvalue weighted by molar-refractivity contribution is 5.80. The zero-order valence-corrected chi connectivity index (χ0v) is 15.4. The molecule has 3 nitrogen and oxygen atoms in total. The molecule has 0 amide bonds. The molecule has 134 valence electrons. The molecule has 0 heterocycles. The van der Waals surface area contributed by atoms with E-state index in [4.69, 9.17) is 0 Å². The van der Waals surface area contributed by atoms with E-state index in [2.05, 4.69) is 13.8 Å². The second-order valence-corrected chi connectivity index (χ2v) is 9.84. The second kappa shape index (κ2) is 5.40. The Hall–Kier alpha value is -0.700. The first-order valence-corrected chi connectivity index (χ1v) is 9.97. The summed E-state index contributed by atoms with van der Waals surface area (Å²) in [5.74, 6) is 2.78. The molecule has 0 bridgehead atoms. The van der Waals surface area contributed by atoms with Gasteiger partial charge in [-0.1, -0.05) is 13.8 Å². The highest BCUT2D eigenvalue weighted by atomic mass is 16.3. The summed E-state index contributed by atoms with van der Waals surface area (Å²) in [5, 5.41) is 11.2. The summed E-state index contributed by atoms with van der Waals surface area (Å²) >= 11 is 0. The van der Waals surface area contributed by atoms with Gasteiger partial charge in [0.1, 0.15) is 11.6 Å². The number of carbonyl (C=O) groups is 2. The minimum atomic E-state index is -0.308. The summed E-state index contributed by atoms with van der Waals surface area (Å²) < 4.78 is 0. The van der Waals surface area contributed by atoms with Crippen molar-refractivity contribution < 1.29 is 14.7 Å². The average Bonchev–Trinajstić information content (AvgIpc) is 2.84. The SMILES string of the molecule is CC(=O)[C@H]1CC[C@@H]2[C@@H]3CC[C@H]4CC(=O)CC[C@]4(C)[C@@H]3[C@H](O)C[C@]12C. The highest BCUT2D eigenvalue weighted by Gasteiger charge is 2.63. The molecule has 0 aromatic rings. The molecule has 0 saturated heterocycles. The maximum atomic E-state index is 12.2. The number of hydrogen-bond acceptors (Lipinski definition) is 3. The first-order chi connectivity index (χ1) is 11.3. The normalized spacial score (nSPS) is 53.9. The van der Waals surface area contributed by atoms with Crippen molar-refractivity contribution >= 4 is 11.6 Å². The standard InChI is InChI=1S/C21H32O3/c1-12(22)16-6-7-17-15-5-4-13-10-14(23)8-9-20(13,2)19(15)18(24)11-21(16,17)3/h13,15-19,24H,4-11H2,1-3H3/t13-,15-,16+,17+,18+,19-,20-,21+/m0/s1. The van der Waals surface area contributed by atoms with E-state index < -0.39 is 0 Å². The van der Waals surface area contributed by atoms with E-state index in [9.17, 15) is 14.7 Å². The molecule has 0 aromatic carbocycles. The van der Waals surface area contributed by atoms with Crippen LogP contribution < -0.4 is 0 Å². The molecular formula is C21H32O3. The predicted molar refractivity (Wildman–Crippen MR) is 92.3 cm³/mol. The van der Waals surface area contributed by atoms with Gasteiger partial charge in [0, 0.05) is 18.8 Å². The number of aliphatic hydroxyl groups excluding tert-OH is 1. The first kappa shape index (κ1) is 16.8. The van der Waals surface area contributed by atoms with Gasteiger partial charge < -0.3 is 5.11 Å². The maximum absolute atomic E-state index is 12.2. The third-order valence-electron chi connectivity index (χ3n) is 8.90. The Balaban J connectivity index is 1.68. The Labute approximate surface area is 145 Å². The molecule has 4 fully saturated rings. The van der Waals surface area contributed by atoms with Gasteiger partial charge in [-0.3, -0.25) is 9.59 Å². The van der Waals surface area contributed by atoms with Crippen molar-refractivity contribution in [2.24, 2.45) is 40.4 Å². The van der Waals surface area contributed by atoms with Gasteiger partial charge >= 0.3 is 0 Å².